The van der Waals surface area contributed by atoms with Crippen LogP contribution >= 0.6 is 0 Å². The van der Waals surface area contributed by atoms with Gasteiger partial charge in [-0.1, -0.05) is 169 Å². The number of carbonyl (C=O) groups is 3. The number of rotatable bonds is 48. The Labute approximate surface area is 383 Å². The van der Waals surface area contributed by atoms with Gasteiger partial charge in [-0.25, -0.2) is 9.59 Å². The molecule has 0 aliphatic heterocycles. The van der Waals surface area contributed by atoms with Crippen molar-refractivity contribution in [1.29, 1.82) is 0 Å². The summed E-state index contributed by atoms with van der Waals surface area (Å²) in [6.07, 6.45) is 35.9. The molecule has 0 rings (SSSR count). The van der Waals surface area contributed by atoms with E-state index >= 15 is 0 Å². The molecule has 0 aromatic rings. The zero-order chi connectivity index (χ0) is 45.4. The lowest BCUT2D eigenvalue weighted by atomic mass is 10.0. The van der Waals surface area contributed by atoms with E-state index in [2.05, 4.69) is 44.4 Å². The minimum atomic E-state index is -0.574. The fourth-order valence-electron chi connectivity index (χ4n) is 7.95. The van der Waals surface area contributed by atoms with E-state index in [0.29, 0.717) is 32.8 Å². The van der Waals surface area contributed by atoms with Gasteiger partial charge >= 0.3 is 18.3 Å². The summed E-state index contributed by atoms with van der Waals surface area (Å²) >= 11 is 0. The third-order valence-corrected chi connectivity index (χ3v) is 12.0. The lowest BCUT2D eigenvalue weighted by Gasteiger charge is -2.22. The van der Waals surface area contributed by atoms with E-state index in [1.54, 1.807) is 0 Å². The van der Waals surface area contributed by atoms with Crippen LogP contribution in [-0.4, -0.2) is 99.9 Å². The summed E-state index contributed by atoms with van der Waals surface area (Å²) in [6, 6.07) is 0. The van der Waals surface area contributed by atoms with Crippen molar-refractivity contribution in [3.63, 3.8) is 0 Å². The van der Waals surface area contributed by atoms with E-state index in [9.17, 15) is 14.4 Å². The zero-order valence-corrected chi connectivity index (χ0v) is 41.6. The maximum absolute atomic E-state index is 12.9. The standard InChI is InChI=1S/C52H102N2O8/c1-6-11-14-17-20-27-34-45-58-51(56)59-46-35-28-26-33-42-54(44-37-48-61-52(57)60-47-36-43-53(9-4)10-5)41-32-25-21-24-31-40-50(55)62-49(38-29-22-18-15-12-7-2)39-30-23-19-16-13-8-3/h49H,6-48H2,1-5H3. The van der Waals surface area contributed by atoms with Gasteiger partial charge in [-0.05, 0) is 96.8 Å². The van der Waals surface area contributed by atoms with Gasteiger partial charge in [0.05, 0.1) is 26.4 Å². The van der Waals surface area contributed by atoms with Gasteiger partial charge in [0.1, 0.15) is 6.10 Å². The topological polar surface area (TPSA) is 104 Å². The Hall–Kier alpha value is -2.07. The molecule has 0 radical (unpaired) electrons. The van der Waals surface area contributed by atoms with Gasteiger partial charge in [0.2, 0.25) is 0 Å². The van der Waals surface area contributed by atoms with E-state index in [-0.39, 0.29) is 12.1 Å². The molecule has 0 aliphatic rings. The van der Waals surface area contributed by atoms with Crippen LogP contribution in [0, 0.1) is 0 Å². The summed E-state index contributed by atoms with van der Waals surface area (Å²) in [6.45, 7) is 18.4. The monoisotopic (exact) mass is 883 g/mol. The normalized spacial score (nSPS) is 11.5. The van der Waals surface area contributed by atoms with Crippen LogP contribution in [0.1, 0.15) is 247 Å². The molecule has 0 fully saturated rings. The van der Waals surface area contributed by atoms with Crippen molar-refractivity contribution in [3.05, 3.63) is 0 Å². The Morgan fingerprint density at radius 1 is 0.355 bits per heavy atom. The number of nitrogens with zero attached hydrogens (tertiary/aromatic N) is 2. The summed E-state index contributed by atoms with van der Waals surface area (Å²) in [7, 11) is 0. The summed E-state index contributed by atoms with van der Waals surface area (Å²) in [4.78, 5) is 41.8. The van der Waals surface area contributed by atoms with Crippen molar-refractivity contribution < 1.29 is 38.1 Å². The highest BCUT2D eigenvalue weighted by Crippen LogP contribution is 2.19. The van der Waals surface area contributed by atoms with Crippen LogP contribution in [0.4, 0.5) is 9.59 Å². The molecule has 0 amide bonds. The number of ether oxygens (including phenoxy) is 5. The van der Waals surface area contributed by atoms with E-state index in [4.69, 9.17) is 23.7 Å². The predicted octanol–water partition coefficient (Wildman–Crippen LogP) is 14.8. The average molecular weight is 883 g/mol. The van der Waals surface area contributed by atoms with Gasteiger partial charge in [-0.3, -0.25) is 4.79 Å². The van der Waals surface area contributed by atoms with Crippen LogP contribution in [-0.2, 0) is 28.5 Å². The lowest BCUT2D eigenvalue weighted by Crippen LogP contribution is -2.28. The smallest absolute Gasteiger partial charge is 0.462 e. The molecule has 0 unspecified atom stereocenters. The van der Waals surface area contributed by atoms with E-state index in [0.717, 1.165) is 148 Å². The Kier molecular flexibility index (Phi) is 46.8. The van der Waals surface area contributed by atoms with Crippen LogP contribution in [0.25, 0.3) is 0 Å². The number of hydrogen-bond donors (Lipinski definition) is 0. The minimum absolute atomic E-state index is 0.00540. The lowest BCUT2D eigenvalue weighted by molar-refractivity contribution is -0.150. The molecular formula is C52H102N2O8. The molecule has 0 atom stereocenters. The van der Waals surface area contributed by atoms with Crippen molar-refractivity contribution in [2.75, 3.05) is 65.7 Å². The Bertz CT molecular complexity index is 949. The first kappa shape index (κ1) is 59.9. The first-order chi connectivity index (χ1) is 30.4. The molecule has 0 heterocycles. The van der Waals surface area contributed by atoms with Gasteiger partial charge in [0.25, 0.3) is 0 Å². The quantitative estimate of drug-likeness (QED) is 0.0333. The molecule has 0 N–H and O–H groups in total. The second kappa shape index (κ2) is 48.4. The highest BCUT2D eigenvalue weighted by atomic mass is 16.7. The Morgan fingerprint density at radius 2 is 0.677 bits per heavy atom. The molecule has 62 heavy (non-hydrogen) atoms. The third-order valence-electron chi connectivity index (χ3n) is 12.0. The van der Waals surface area contributed by atoms with Crippen LogP contribution in [0.3, 0.4) is 0 Å². The summed E-state index contributed by atoms with van der Waals surface area (Å²) in [5.41, 5.74) is 0. The molecule has 0 aromatic heterocycles. The van der Waals surface area contributed by atoms with Crippen molar-refractivity contribution in [3.8, 4) is 0 Å². The van der Waals surface area contributed by atoms with Crippen LogP contribution in [0.5, 0.6) is 0 Å². The number of unbranched alkanes of at least 4 members (excludes halogenated alkanes) is 23. The molecule has 0 aromatic carbocycles. The molecule has 0 spiro atoms. The Balaban J connectivity index is 4.55. The van der Waals surface area contributed by atoms with Crippen molar-refractivity contribution in [1.82, 2.24) is 9.80 Å². The van der Waals surface area contributed by atoms with Gasteiger partial charge < -0.3 is 33.5 Å². The minimum Gasteiger partial charge on any atom is -0.462 e. The molecule has 0 saturated carbocycles. The van der Waals surface area contributed by atoms with Crippen LogP contribution in [0.15, 0.2) is 0 Å². The predicted molar refractivity (Wildman–Crippen MR) is 258 cm³/mol. The molecule has 0 saturated heterocycles. The van der Waals surface area contributed by atoms with E-state index < -0.39 is 12.3 Å². The number of esters is 1. The first-order valence-electron chi connectivity index (χ1n) is 26.6. The fourth-order valence-corrected chi connectivity index (χ4v) is 7.95. The molecule has 368 valence electrons. The second-order valence-electron chi connectivity index (χ2n) is 17.7. The van der Waals surface area contributed by atoms with Gasteiger partial charge in [0.15, 0.2) is 0 Å². The van der Waals surface area contributed by atoms with Crippen molar-refractivity contribution in [2.24, 2.45) is 0 Å². The van der Waals surface area contributed by atoms with Crippen molar-refractivity contribution >= 4 is 18.3 Å². The molecule has 10 nitrogen and oxygen atoms in total. The van der Waals surface area contributed by atoms with Gasteiger partial charge in [-0.2, -0.15) is 0 Å². The fraction of sp³-hybridized carbons (Fsp3) is 0.942. The highest BCUT2D eigenvalue weighted by molar-refractivity contribution is 5.69. The summed E-state index contributed by atoms with van der Waals surface area (Å²) < 4.78 is 27.3. The molecule has 0 bridgehead atoms. The van der Waals surface area contributed by atoms with Crippen LogP contribution < -0.4 is 0 Å². The largest absolute Gasteiger partial charge is 0.508 e. The SMILES string of the molecule is CCCCCCCCCOC(=O)OCCCCCCN(CCCCCCCC(=O)OC(CCCCCCCC)CCCCCCCC)CCCOC(=O)OCCCN(CC)CC. The number of carbonyl (C=O) groups excluding carboxylic acids is 3. The highest BCUT2D eigenvalue weighted by Gasteiger charge is 2.15. The second-order valence-corrected chi connectivity index (χ2v) is 17.7. The average Bonchev–Trinajstić information content (AvgIpc) is 3.27. The zero-order valence-electron chi connectivity index (χ0n) is 41.6. The van der Waals surface area contributed by atoms with E-state index in [1.165, 1.54) is 96.3 Å². The van der Waals surface area contributed by atoms with Crippen LogP contribution in [0.2, 0.25) is 0 Å². The Morgan fingerprint density at radius 3 is 1.10 bits per heavy atom. The molecular weight excluding hydrogens is 781 g/mol. The first-order valence-corrected chi connectivity index (χ1v) is 26.6. The van der Waals surface area contributed by atoms with Crippen molar-refractivity contribution in [2.45, 2.75) is 253 Å². The third kappa shape index (κ3) is 43.2. The molecule has 0 aliphatic carbocycles. The summed E-state index contributed by atoms with van der Waals surface area (Å²) in [5, 5.41) is 0. The molecule has 10 heteroatoms. The van der Waals surface area contributed by atoms with Gasteiger partial charge in [0, 0.05) is 19.5 Å². The van der Waals surface area contributed by atoms with E-state index in [1.807, 2.05) is 0 Å². The summed E-state index contributed by atoms with van der Waals surface area (Å²) in [5.74, 6) is -0.00540. The maximum atomic E-state index is 12.9. The van der Waals surface area contributed by atoms with Gasteiger partial charge in [-0.15, -0.1) is 0 Å². The number of hydrogen-bond acceptors (Lipinski definition) is 10. The maximum Gasteiger partial charge on any atom is 0.508 e.